The lowest BCUT2D eigenvalue weighted by Crippen LogP contribution is -2.40. The van der Waals surface area contributed by atoms with Gasteiger partial charge in [-0.1, -0.05) is 0 Å². The van der Waals surface area contributed by atoms with E-state index in [-0.39, 0.29) is 16.5 Å². The van der Waals surface area contributed by atoms with Gasteiger partial charge in [0.25, 0.3) is 0 Å². The van der Waals surface area contributed by atoms with E-state index in [0.29, 0.717) is 0 Å². The fourth-order valence-corrected chi connectivity index (χ4v) is 2.71. The van der Waals surface area contributed by atoms with Crippen molar-refractivity contribution in [1.29, 1.82) is 0 Å². The SMILES string of the molecule is COC1(CC(O)c2c(F)ccc(Br)c2F)CCC1. The van der Waals surface area contributed by atoms with Crippen LogP contribution in [0.15, 0.2) is 16.6 Å². The molecule has 1 N–H and O–H groups in total. The van der Waals surface area contributed by atoms with E-state index < -0.39 is 23.3 Å². The van der Waals surface area contributed by atoms with E-state index in [1.54, 1.807) is 7.11 Å². The Hall–Kier alpha value is -0.520. The predicted octanol–water partition coefficient (Wildman–Crippen LogP) is 3.72. The highest BCUT2D eigenvalue weighted by Crippen LogP contribution is 2.42. The van der Waals surface area contributed by atoms with E-state index >= 15 is 0 Å². The molecule has 100 valence electrons. The Bertz CT molecular complexity index is 441. The lowest BCUT2D eigenvalue weighted by Gasteiger charge is -2.41. The van der Waals surface area contributed by atoms with Gasteiger partial charge in [0, 0.05) is 13.5 Å². The van der Waals surface area contributed by atoms with Crippen molar-refractivity contribution in [2.75, 3.05) is 7.11 Å². The second-order valence-corrected chi connectivity index (χ2v) is 5.57. The molecule has 0 radical (unpaired) electrons. The van der Waals surface area contributed by atoms with Gasteiger partial charge in [-0.15, -0.1) is 0 Å². The van der Waals surface area contributed by atoms with Crippen LogP contribution in [0.4, 0.5) is 8.78 Å². The summed E-state index contributed by atoms with van der Waals surface area (Å²) in [4.78, 5) is 0. The van der Waals surface area contributed by atoms with E-state index in [2.05, 4.69) is 15.9 Å². The molecule has 0 spiro atoms. The summed E-state index contributed by atoms with van der Waals surface area (Å²) in [5.74, 6) is -1.47. The molecular formula is C13H15BrF2O2. The van der Waals surface area contributed by atoms with Gasteiger partial charge >= 0.3 is 0 Å². The van der Waals surface area contributed by atoms with Crippen molar-refractivity contribution in [2.24, 2.45) is 0 Å². The molecule has 0 saturated heterocycles. The molecule has 1 saturated carbocycles. The number of hydrogen-bond acceptors (Lipinski definition) is 2. The second kappa shape index (κ2) is 5.23. The summed E-state index contributed by atoms with van der Waals surface area (Å²) in [6, 6.07) is 2.43. The zero-order valence-corrected chi connectivity index (χ0v) is 11.6. The Morgan fingerprint density at radius 1 is 1.44 bits per heavy atom. The standard InChI is InChI=1S/C13H15BrF2O2/c1-18-13(5-2-6-13)7-10(17)11-9(15)4-3-8(14)12(11)16/h3-4,10,17H,2,5-7H2,1H3. The maximum absolute atomic E-state index is 13.8. The lowest BCUT2D eigenvalue weighted by molar-refractivity contribution is -0.101. The number of hydrogen-bond donors (Lipinski definition) is 1. The fourth-order valence-electron chi connectivity index (χ4n) is 2.37. The highest BCUT2D eigenvalue weighted by molar-refractivity contribution is 9.10. The molecule has 0 amide bonds. The first-order chi connectivity index (χ1) is 8.49. The van der Waals surface area contributed by atoms with E-state index in [1.165, 1.54) is 6.07 Å². The molecule has 1 atom stereocenters. The van der Waals surface area contributed by atoms with E-state index in [0.717, 1.165) is 25.3 Å². The van der Waals surface area contributed by atoms with E-state index in [9.17, 15) is 13.9 Å². The van der Waals surface area contributed by atoms with Crippen molar-refractivity contribution >= 4 is 15.9 Å². The second-order valence-electron chi connectivity index (χ2n) is 4.72. The van der Waals surface area contributed by atoms with Crippen LogP contribution in [0.2, 0.25) is 0 Å². The van der Waals surface area contributed by atoms with Gasteiger partial charge < -0.3 is 9.84 Å². The molecule has 5 heteroatoms. The van der Waals surface area contributed by atoms with Crippen LogP contribution in [0.3, 0.4) is 0 Å². The largest absolute Gasteiger partial charge is 0.388 e. The van der Waals surface area contributed by atoms with Crippen LogP contribution in [0.5, 0.6) is 0 Å². The van der Waals surface area contributed by atoms with Crippen LogP contribution in [0, 0.1) is 11.6 Å². The predicted molar refractivity (Wildman–Crippen MR) is 67.2 cm³/mol. The minimum atomic E-state index is -1.19. The first kappa shape index (κ1) is 13.9. The smallest absolute Gasteiger partial charge is 0.146 e. The molecule has 1 aliphatic carbocycles. The maximum Gasteiger partial charge on any atom is 0.146 e. The van der Waals surface area contributed by atoms with Gasteiger partial charge in [0.05, 0.1) is 21.7 Å². The van der Waals surface area contributed by atoms with Gasteiger partial charge in [-0.3, -0.25) is 0 Å². The molecule has 2 rings (SSSR count). The van der Waals surface area contributed by atoms with Crippen LogP contribution in [0.1, 0.15) is 37.4 Å². The van der Waals surface area contributed by atoms with Gasteiger partial charge in [-0.25, -0.2) is 8.78 Å². The number of methoxy groups -OCH3 is 1. The van der Waals surface area contributed by atoms with Crippen molar-refractivity contribution in [3.8, 4) is 0 Å². The first-order valence-corrected chi connectivity index (χ1v) is 6.65. The molecule has 18 heavy (non-hydrogen) atoms. The summed E-state index contributed by atoms with van der Waals surface area (Å²) >= 11 is 2.99. The third-order valence-corrected chi connectivity index (χ3v) is 4.29. The number of benzene rings is 1. The average molecular weight is 321 g/mol. The summed E-state index contributed by atoms with van der Waals surface area (Å²) < 4.78 is 33.0. The Morgan fingerprint density at radius 2 is 2.11 bits per heavy atom. The van der Waals surface area contributed by atoms with Crippen molar-refractivity contribution in [3.63, 3.8) is 0 Å². The Morgan fingerprint density at radius 3 is 2.61 bits per heavy atom. The summed E-state index contributed by atoms with van der Waals surface area (Å²) in [7, 11) is 1.57. The van der Waals surface area contributed by atoms with Crippen LogP contribution in [0.25, 0.3) is 0 Å². The van der Waals surface area contributed by atoms with Crippen LogP contribution < -0.4 is 0 Å². The first-order valence-electron chi connectivity index (χ1n) is 5.86. The van der Waals surface area contributed by atoms with E-state index in [1.807, 2.05) is 0 Å². The summed E-state index contributed by atoms with van der Waals surface area (Å²) in [6.07, 6.45) is 1.68. The molecule has 0 aromatic heterocycles. The molecule has 2 nitrogen and oxygen atoms in total. The number of halogens is 3. The highest BCUT2D eigenvalue weighted by atomic mass is 79.9. The topological polar surface area (TPSA) is 29.5 Å². The van der Waals surface area contributed by atoms with Crippen molar-refractivity contribution in [3.05, 3.63) is 33.8 Å². The van der Waals surface area contributed by atoms with Crippen LogP contribution >= 0.6 is 15.9 Å². The van der Waals surface area contributed by atoms with Crippen molar-refractivity contribution < 1.29 is 18.6 Å². The summed E-state index contributed by atoms with van der Waals surface area (Å²) in [6.45, 7) is 0. The molecule has 0 aliphatic heterocycles. The molecule has 1 unspecified atom stereocenters. The molecule has 0 heterocycles. The number of aliphatic hydroxyl groups excluding tert-OH is 1. The molecule has 1 aliphatic rings. The normalized spacial score (nSPS) is 19.4. The Kier molecular flexibility index (Phi) is 4.04. The summed E-state index contributed by atoms with van der Waals surface area (Å²) in [5, 5.41) is 10.1. The van der Waals surface area contributed by atoms with Gasteiger partial charge in [-0.2, -0.15) is 0 Å². The van der Waals surface area contributed by atoms with Gasteiger partial charge in [0.2, 0.25) is 0 Å². The quantitative estimate of drug-likeness (QED) is 0.857. The lowest BCUT2D eigenvalue weighted by atomic mass is 9.75. The third-order valence-electron chi connectivity index (χ3n) is 3.68. The van der Waals surface area contributed by atoms with Crippen LogP contribution in [-0.2, 0) is 4.74 Å². The minimum Gasteiger partial charge on any atom is -0.388 e. The van der Waals surface area contributed by atoms with Crippen LogP contribution in [-0.4, -0.2) is 17.8 Å². The minimum absolute atomic E-state index is 0.151. The van der Waals surface area contributed by atoms with Gasteiger partial charge in [0.1, 0.15) is 11.6 Å². The average Bonchev–Trinajstić information content (AvgIpc) is 2.29. The van der Waals surface area contributed by atoms with Gasteiger partial charge in [-0.05, 0) is 47.3 Å². The Balaban J connectivity index is 2.23. The summed E-state index contributed by atoms with van der Waals surface area (Å²) in [5.41, 5.74) is -0.714. The van der Waals surface area contributed by atoms with Gasteiger partial charge in [0.15, 0.2) is 0 Å². The van der Waals surface area contributed by atoms with Crippen molar-refractivity contribution in [1.82, 2.24) is 0 Å². The highest BCUT2D eigenvalue weighted by Gasteiger charge is 2.40. The fraction of sp³-hybridized carbons (Fsp3) is 0.538. The molecule has 1 fully saturated rings. The van der Waals surface area contributed by atoms with E-state index in [4.69, 9.17) is 4.74 Å². The molecular weight excluding hydrogens is 306 g/mol. The zero-order valence-electron chi connectivity index (χ0n) is 10.0. The number of aliphatic hydroxyl groups is 1. The molecule has 0 bridgehead atoms. The number of ether oxygens (including phenoxy) is 1. The Labute approximate surface area is 113 Å². The maximum atomic E-state index is 13.8. The third kappa shape index (κ3) is 2.44. The molecule has 1 aromatic carbocycles. The molecule has 1 aromatic rings. The zero-order chi connectivity index (χ0) is 13.3. The monoisotopic (exact) mass is 320 g/mol. The number of rotatable bonds is 4. The van der Waals surface area contributed by atoms with Crippen molar-refractivity contribution in [2.45, 2.75) is 37.4 Å².